The summed E-state index contributed by atoms with van der Waals surface area (Å²) < 4.78 is 5.35. The first-order chi connectivity index (χ1) is 12.3. The first-order valence-electron chi connectivity index (χ1n) is 10.0. The van der Waals surface area contributed by atoms with E-state index in [0.29, 0.717) is 6.54 Å². The number of rotatable bonds is 8. The van der Waals surface area contributed by atoms with Gasteiger partial charge in [-0.1, -0.05) is 19.8 Å². The highest BCUT2D eigenvalue weighted by molar-refractivity contribution is 14.0. The Balaban J connectivity index is 0.00000676. The molecule has 1 aliphatic rings. The van der Waals surface area contributed by atoms with Gasteiger partial charge in [0.05, 0.1) is 0 Å². The zero-order chi connectivity index (χ0) is 19.4. The zero-order valence-electron chi connectivity index (χ0n) is 17.8. The van der Waals surface area contributed by atoms with E-state index in [2.05, 4.69) is 32.8 Å². The van der Waals surface area contributed by atoms with Crippen molar-refractivity contribution in [2.45, 2.75) is 71.4 Å². The van der Waals surface area contributed by atoms with Gasteiger partial charge in [-0.3, -0.25) is 4.99 Å². The van der Waals surface area contributed by atoms with Gasteiger partial charge in [0, 0.05) is 32.7 Å². The largest absolute Gasteiger partial charge is 0.444 e. The van der Waals surface area contributed by atoms with Crippen molar-refractivity contribution in [1.29, 1.82) is 0 Å². The molecule has 0 spiro atoms. The van der Waals surface area contributed by atoms with Crippen molar-refractivity contribution in [3.05, 3.63) is 0 Å². The van der Waals surface area contributed by atoms with E-state index in [9.17, 15) is 4.79 Å². The van der Waals surface area contributed by atoms with Crippen molar-refractivity contribution >= 4 is 36.0 Å². The SMILES string of the molecule is CCCC(CNC(=NC)NCCN1CCCCC1)NC(=O)OC(C)(C)C.I. The summed E-state index contributed by atoms with van der Waals surface area (Å²) in [6.07, 6.45) is 5.48. The van der Waals surface area contributed by atoms with Crippen LogP contribution in [-0.2, 0) is 4.74 Å². The predicted octanol–water partition coefficient (Wildman–Crippen LogP) is 2.95. The predicted molar refractivity (Wildman–Crippen MR) is 123 cm³/mol. The number of likely N-dealkylation sites (tertiary alicyclic amines) is 1. The Kier molecular flexibility index (Phi) is 13.9. The first-order valence-corrected chi connectivity index (χ1v) is 10.0. The van der Waals surface area contributed by atoms with Crippen LogP contribution in [0.15, 0.2) is 4.99 Å². The second kappa shape index (κ2) is 14.3. The summed E-state index contributed by atoms with van der Waals surface area (Å²) in [5.41, 5.74) is -0.486. The number of aliphatic imine (C=N–C) groups is 1. The van der Waals surface area contributed by atoms with E-state index < -0.39 is 5.60 Å². The lowest BCUT2D eigenvalue weighted by molar-refractivity contribution is 0.0502. The molecule has 0 aromatic carbocycles. The van der Waals surface area contributed by atoms with Gasteiger partial charge in [0.1, 0.15) is 5.60 Å². The maximum atomic E-state index is 12.0. The van der Waals surface area contributed by atoms with Gasteiger partial charge in [-0.2, -0.15) is 0 Å². The van der Waals surface area contributed by atoms with E-state index in [1.807, 2.05) is 20.8 Å². The maximum absolute atomic E-state index is 12.0. The van der Waals surface area contributed by atoms with E-state index in [1.54, 1.807) is 7.05 Å². The summed E-state index contributed by atoms with van der Waals surface area (Å²) in [5.74, 6) is 0.772. The molecule has 0 saturated carbocycles. The van der Waals surface area contributed by atoms with E-state index in [0.717, 1.165) is 31.9 Å². The third-order valence-corrected chi connectivity index (χ3v) is 4.27. The number of guanidine groups is 1. The van der Waals surface area contributed by atoms with Gasteiger partial charge in [-0.05, 0) is 53.1 Å². The summed E-state index contributed by atoms with van der Waals surface area (Å²) in [7, 11) is 1.77. The highest BCUT2D eigenvalue weighted by Gasteiger charge is 2.19. The van der Waals surface area contributed by atoms with Gasteiger partial charge in [0.25, 0.3) is 0 Å². The average Bonchev–Trinajstić information content (AvgIpc) is 2.57. The van der Waals surface area contributed by atoms with E-state index in [1.165, 1.54) is 32.4 Å². The van der Waals surface area contributed by atoms with Crippen molar-refractivity contribution in [2.24, 2.45) is 4.99 Å². The molecular formula is C19H40IN5O2. The van der Waals surface area contributed by atoms with Gasteiger partial charge >= 0.3 is 6.09 Å². The number of hydrogen-bond acceptors (Lipinski definition) is 4. The van der Waals surface area contributed by atoms with Crippen molar-refractivity contribution in [3.63, 3.8) is 0 Å². The normalized spacial score (nSPS) is 16.9. The minimum Gasteiger partial charge on any atom is -0.444 e. The lowest BCUT2D eigenvalue weighted by Crippen LogP contribution is -2.49. The molecule has 8 heteroatoms. The third-order valence-electron chi connectivity index (χ3n) is 4.27. The molecule has 1 rings (SSSR count). The van der Waals surface area contributed by atoms with Crippen molar-refractivity contribution in [1.82, 2.24) is 20.9 Å². The molecule has 3 N–H and O–H groups in total. The Morgan fingerprint density at radius 1 is 1.19 bits per heavy atom. The fourth-order valence-electron chi connectivity index (χ4n) is 3.00. The Morgan fingerprint density at radius 3 is 2.41 bits per heavy atom. The second-order valence-corrected chi connectivity index (χ2v) is 7.91. The molecule has 0 aromatic heterocycles. The van der Waals surface area contributed by atoms with Crippen LogP contribution in [0.25, 0.3) is 0 Å². The molecule has 0 bridgehead atoms. The minimum atomic E-state index is -0.486. The summed E-state index contributed by atoms with van der Waals surface area (Å²) >= 11 is 0. The molecule has 0 aromatic rings. The lowest BCUT2D eigenvalue weighted by atomic mass is 10.1. The molecule has 7 nitrogen and oxygen atoms in total. The molecule has 0 aliphatic carbocycles. The summed E-state index contributed by atoms with van der Waals surface area (Å²) in [5, 5.41) is 9.62. The molecule has 0 radical (unpaired) electrons. The molecule has 1 aliphatic heterocycles. The Labute approximate surface area is 182 Å². The molecule has 1 fully saturated rings. The van der Waals surface area contributed by atoms with Crippen molar-refractivity contribution in [3.8, 4) is 0 Å². The smallest absolute Gasteiger partial charge is 0.407 e. The highest BCUT2D eigenvalue weighted by Crippen LogP contribution is 2.08. The zero-order valence-corrected chi connectivity index (χ0v) is 20.1. The van der Waals surface area contributed by atoms with Gasteiger partial charge in [0.15, 0.2) is 5.96 Å². The Hall–Kier alpha value is -0.770. The van der Waals surface area contributed by atoms with E-state index >= 15 is 0 Å². The summed E-state index contributed by atoms with van der Waals surface area (Å²) in [4.78, 5) is 18.8. The average molecular weight is 497 g/mol. The molecule has 160 valence electrons. The number of hydrogen-bond donors (Lipinski definition) is 3. The highest BCUT2D eigenvalue weighted by atomic mass is 127. The van der Waals surface area contributed by atoms with Crippen LogP contribution >= 0.6 is 24.0 Å². The fraction of sp³-hybridized carbons (Fsp3) is 0.895. The second-order valence-electron chi connectivity index (χ2n) is 7.91. The quantitative estimate of drug-likeness (QED) is 0.273. The molecule has 1 heterocycles. The molecule has 1 saturated heterocycles. The number of nitrogens with one attached hydrogen (secondary N) is 3. The van der Waals surface area contributed by atoms with Crippen LogP contribution < -0.4 is 16.0 Å². The van der Waals surface area contributed by atoms with E-state index in [4.69, 9.17) is 4.74 Å². The summed E-state index contributed by atoms with van der Waals surface area (Å²) in [6, 6.07) is 0.00972. The molecular weight excluding hydrogens is 457 g/mol. The first kappa shape index (κ1) is 26.2. The van der Waals surface area contributed by atoms with Crippen molar-refractivity contribution in [2.75, 3.05) is 39.8 Å². The molecule has 1 unspecified atom stereocenters. The monoisotopic (exact) mass is 497 g/mol. The minimum absolute atomic E-state index is 0. The number of nitrogens with zero attached hydrogens (tertiary/aromatic N) is 2. The van der Waals surface area contributed by atoms with Crippen LogP contribution in [0.2, 0.25) is 0 Å². The van der Waals surface area contributed by atoms with Gasteiger partial charge in [-0.15, -0.1) is 24.0 Å². The molecule has 1 amide bonds. The summed E-state index contributed by atoms with van der Waals surface area (Å²) in [6.45, 7) is 12.6. The number of alkyl carbamates (subject to hydrolysis) is 1. The number of ether oxygens (including phenoxy) is 1. The molecule has 1 atom stereocenters. The number of piperidine rings is 1. The van der Waals surface area contributed by atoms with Crippen LogP contribution in [0.5, 0.6) is 0 Å². The van der Waals surface area contributed by atoms with Crippen LogP contribution in [0.1, 0.15) is 59.8 Å². The third kappa shape index (κ3) is 13.1. The topological polar surface area (TPSA) is 78.0 Å². The van der Waals surface area contributed by atoms with Gasteiger partial charge < -0.3 is 25.6 Å². The maximum Gasteiger partial charge on any atom is 0.407 e. The number of halogens is 1. The molecule has 27 heavy (non-hydrogen) atoms. The Morgan fingerprint density at radius 2 is 1.85 bits per heavy atom. The number of carbonyl (C=O) groups is 1. The van der Waals surface area contributed by atoms with Gasteiger partial charge in [-0.25, -0.2) is 4.79 Å². The van der Waals surface area contributed by atoms with Crippen LogP contribution in [0, 0.1) is 0 Å². The standard InChI is InChI=1S/C19H39N5O2.HI/c1-6-10-16(23-18(25)26-19(2,3)4)15-22-17(20-5)21-11-14-24-12-8-7-9-13-24;/h16H,6-15H2,1-5H3,(H,23,25)(H2,20,21,22);1H. The fourth-order valence-corrected chi connectivity index (χ4v) is 3.00. The van der Waals surface area contributed by atoms with Crippen LogP contribution in [0.3, 0.4) is 0 Å². The van der Waals surface area contributed by atoms with Crippen molar-refractivity contribution < 1.29 is 9.53 Å². The lowest BCUT2D eigenvalue weighted by Gasteiger charge is -2.27. The number of carbonyl (C=O) groups excluding carboxylic acids is 1. The van der Waals surface area contributed by atoms with Gasteiger partial charge in [0.2, 0.25) is 0 Å². The Bertz CT molecular complexity index is 434. The number of amides is 1. The van der Waals surface area contributed by atoms with Crippen LogP contribution in [0.4, 0.5) is 4.79 Å². The van der Waals surface area contributed by atoms with E-state index in [-0.39, 0.29) is 36.1 Å². The van der Waals surface area contributed by atoms with Crippen LogP contribution in [-0.4, -0.2) is 68.4 Å².